The molecule has 132 valence electrons. The van der Waals surface area contributed by atoms with Crippen molar-refractivity contribution in [3.05, 3.63) is 66.2 Å². The second-order valence-electron chi connectivity index (χ2n) is 5.86. The smallest absolute Gasteiger partial charge is 0.338 e. The average molecular weight is 360 g/mol. The monoisotopic (exact) mass is 360 g/mol. The van der Waals surface area contributed by atoms with Crippen molar-refractivity contribution in [1.29, 1.82) is 0 Å². The second kappa shape index (κ2) is 8.01. The third-order valence-corrected chi connectivity index (χ3v) is 5.20. The zero-order valence-corrected chi connectivity index (χ0v) is 14.5. The van der Waals surface area contributed by atoms with E-state index < -0.39 is 35.8 Å². The molecule has 1 fully saturated rings. The van der Waals surface area contributed by atoms with Gasteiger partial charge < -0.3 is 19.7 Å². The van der Waals surface area contributed by atoms with Gasteiger partial charge in [0.05, 0.1) is 11.7 Å². The molecule has 5 nitrogen and oxygen atoms in total. The van der Waals surface area contributed by atoms with Crippen molar-refractivity contribution < 1.29 is 24.5 Å². The minimum Gasteiger partial charge on any atom is -0.453 e. The summed E-state index contributed by atoms with van der Waals surface area (Å²) >= 11 is 1.33. The highest BCUT2D eigenvalue weighted by molar-refractivity contribution is 7.99. The number of esters is 1. The molecule has 25 heavy (non-hydrogen) atoms. The SMILES string of the molecule is C[C@@H]1O[C@H](Sc2ccccc2)[C@H](O)[C@H](OC(=O)c2ccccc2)[C@H]1O. The molecule has 2 N–H and O–H groups in total. The lowest BCUT2D eigenvalue weighted by molar-refractivity contribution is -0.193. The highest BCUT2D eigenvalue weighted by atomic mass is 32.2. The van der Waals surface area contributed by atoms with Gasteiger partial charge in [-0.1, -0.05) is 48.2 Å². The Labute approximate surface area is 150 Å². The lowest BCUT2D eigenvalue weighted by atomic mass is 10.0. The molecule has 0 unspecified atom stereocenters. The molecule has 2 aromatic carbocycles. The van der Waals surface area contributed by atoms with Crippen LogP contribution in [-0.2, 0) is 9.47 Å². The van der Waals surface area contributed by atoms with Crippen molar-refractivity contribution in [3.63, 3.8) is 0 Å². The fourth-order valence-electron chi connectivity index (χ4n) is 2.63. The van der Waals surface area contributed by atoms with Gasteiger partial charge in [0.15, 0.2) is 6.10 Å². The van der Waals surface area contributed by atoms with Crippen LogP contribution in [0.25, 0.3) is 0 Å². The van der Waals surface area contributed by atoms with Crippen LogP contribution in [0.4, 0.5) is 0 Å². The molecule has 1 heterocycles. The summed E-state index contributed by atoms with van der Waals surface area (Å²) < 4.78 is 11.1. The molecular weight excluding hydrogens is 340 g/mol. The lowest BCUT2D eigenvalue weighted by Crippen LogP contribution is -2.57. The first-order valence-electron chi connectivity index (χ1n) is 8.05. The van der Waals surface area contributed by atoms with E-state index >= 15 is 0 Å². The number of benzene rings is 2. The summed E-state index contributed by atoms with van der Waals surface area (Å²) in [6.07, 6.45) is -3.88. The quantitative estimate of drug-likeness (QED) is 0.816. The maximum atomic E-state index is 12.3. The number of rotatable bonds is 4. The number of carbonyl (C=O) groups excluding carboxylic acids is 1. The summed E-state index contributed by atoms with van der Waals surface area (Å²) in [5.74, 6) is -0.582. The molecule has 2 aromatic rings. The average Bonchev–Trinajstić information content (AvgIpc) is 2.64. The zero-order chi connectivity index (χ0) is 17.8. The Hall–Kier alpha value is -1.86. The minimum atomic E-state index is -1.15. The van der Waals surface area contributed by atoms with E-state index in [1.54, 1.807) is 37.3 Å². The summed E-state index contributed by atoms with van der Waals surface area (Å²) in [6, 6.07) is 18.0. The fourth-order valence-corrected chi connectivity index (χ4v) is 3.74. The number of carbonyl (C=O) groups is 1. The van der Waals surface area contributed by atoms with Crippen LogP contribution in [0.5, 0.6) is 0 Å². The van der Waals surface area contributed by atoms with E-state index in [4.69, 9.17) is 9.47 Å². The Kier molecular flexibility index (Phi) is 5.75. The molecule has 0 aliphatic carbocycles. The summed E-state index contributed by atoms with van der Waals surface area (Å²) in [5.41, 5.74) is -0.275. The van der Waals surface area contributed by atoms with Gasteiger partial charge in [-0.15, -0.1) is 0 Å². The minimum absolute atomic E-state index is 0.369. The molecule has 0 saturated carbocycles. The van der Waals surface area contributed by atoms with Crippen LogP contribution < -0.4 is 0 Å². The Morgan fingerprint density at radius 2 is 1.60 bits per heavy atom. The number of hydrogen-bond donors (Lipinski definition) is 2. The predicted molar refractivity (Wildman–Crippen MR) is 94.3 cm³/mol. The van der Waals surface area contributed by atoms with Crippen LogP contribution in [-0.4, -0.2) is 46.0 Å². The van der Waals surface area contributed by atoms with Crippen molar-refractivity contribution in [3.8, 4) is 0 Å². The van der Waals surface area contributed by atoms with E-state index in [1.165, 1.54) is 11.8 Å². The summed E-state index contributed by atoms with van der Waals surface area (Å²) in [5, 5.41) is 20.9. The molecule has 1 aliphatic heterocycles. The first-order chi connectivity index (χ1) is 12.1. The standard InChI is InChI=1S/C19H20O5S/c1-12-15(20)17(24-18(22)13-8-4-2-5-9-13)16(21)19(23-12)25-14-10-6-3-7-11-14/h2-12,15-17,19-21H,1H3/t12-,15-,16+,17+,19+/m0/s1. The third-order valence-electron chi connectivity index (χ3n) is 4.03. The maximum Gasteiger partial charge on any atom is 0.338 e. The van der Waals surface area contributed by atoms with Crippen LogP contribution in [0.2, 0.25) is 0 Å². The molecule has 1 saturated heterocycles. The van der Waals surface area contributed by atoms with Gasteiger partial charge in [-0.25, -0.2) is 4.79 Å². The number of thioether (sulfide) groups is 1. The van der Waals surface area contributed by atoms with Crippen LogP contribution in [0.15, 0.2) is 65.6 Å². The summed E-state index contributed by atoms with van der Waals surface area (Å²) in [6.45, 7) is 1.69. The highest BCUT2D eigenvalue weighted by Gasteiger charge is 2.45. The molecule has 3 rings (SSSR count). The van der Waals surface area contributed by atoms with E-state index in [0.29, 0.717) is 5.56 Å². The first kappa shape index (κ1) is 17.9. The molecule has 5 atom stereocenters. The molecule has 1 aliphatic rings. The Morgan fingerprint density at radius 1 is 1.00 bits per heavy atom. The van der Waals surface area contributed by atoms with Crippen LogP contribution >= 0.6 is 11.8 Å². The molecule has 0 aromatic heterocycles. The van der Waals surface area contributed by atoms with E-state index in [1.807, 2.05) is 30.3 Å². The van der Waals surface area contributed by atoms with Gasteiger partial charge in [-0.05, 0) is 31.2 Å². The highest BCUT2D eigenvalue weighted by Crippen LogP contribution is 2.34. The van der Waals surface area contributed by atoms with Crippen LogP contribution in [0.1, 0.15) is 17.3 Å². The molecule has 0 spiro atoms. The van der Waals surface area contributed by atoms with Crippen molar-refractivity contribution in [2.24, 2.45) is 0 Å². The van der Waals surface area contributed by atoms with Gasteiger partial charge in [-0.2, -0.15) is 0 Å². The lowest BCUT2D eigenvalue weighted by Gasteiger charge is -2.40. The van der Waals surface area contributed by atoms with Crippen LogP contribution in [0.3, 0.4) is 0 Å². The van der Waals surface area contributed by atoms with Crippen molar-refractivity contribution in [1.82, 2.24) is 0 Å². The van der Waals surface area contributed by atoms with E-state index in [2.05, 4.69) is 0 Å². The third kappa shape index (κ3) is 4.22. The molecule has 0 radical (unpaired) electrons. The second-order valence-corrected chi connectivity index (χ2v) is 7.03. The number of aliphatic hydroxyl groups is 2. The molecule has 0 bridgehead atoms. The van der Waals surface area contributed by atoms with Gasteiger partial charge in [0.2, 0.25) is 0 Å². The molecule has 0 amide bonds. The largest absolute Gasteiger partial charge is 0.453 e. The van der Waals surface area contributed by atoms with E-state index in [-0.39, 0.29) is 0 Å². The summed E-state index contributed by atoms with van der Waals surface area (Å²) in [4.78, 5) is 13.2. The number of hydrogen-bond acceptors (Lipinski definition) is 6. The zero-order valence-electron chi connectivity index (χ0n) is 13.7. The Balaban J connectivity index is 1.74. The normalized spacial score (nSPS) is 29.2. The van der Waals surface area contributed by atoms with Crippen molar-refractivity contribution in [2.45, 2.75) is 41.7 Å². The Morgan fingerprint density at radius 3 is 2.24 bits per heavy atom. The van der Waals surface area contributed by atoms with Gasteiger partial charge in [0.1, 0.15) is 17.6 Å². The van der Waals surface area contributed by atoms with Gasteiger partial charge in [0, 0.05) is 4.90 Å². The van der Waals surface area contributed by atoms with E-state index in [0.717, 1.165) is 4.90 Å². The van der Waals surface area contributed by atoms with Crippen molar-refractivity contribution >= 4 is 17.7 Å². The van der Waals surface area contributed by atoms with Gasteiger partial charge >= 0.3 is 5.97 Å². The van der Waals surface area contributed by atoms with Gasteiger partial charge in [0.25, 0.3) is 0 Å². The van der Waals surface area contributed by atoms with E-state index in [9.17, 15) is 15.0 Å². The van der Waals surface area contributed by atoms with Crippen molar-refractivity contribution in [2.75, 3.05) is 0 Å². The van der Waals surface area contributed by atoms with Gasteiger partial charge in [-0.3, -0.25) is 0 Å². The fraction of sp³-hybridized carbons (Fsp3) is 0.316. The predicted octanol–water partition coefficient (Wildman–Crippen LogP) is 2.47. The summed E-state index contributed by atoms with van der Waals surface area (Å²) in [7, 11) is 0. The Bertz CT molecular complexity index is 693. The number of ether oxygens (including phenoxy) is 2. The molecule has 6 heteroatoms. The molecular formula is C19H20O5S. The first-order valence-corrected chi connectivity index (χ1v) is 8.93. The maximum absolute atomic E-state index is 12.3. The number of aliphatic hydroxyl groups excluding tert-OH is 2. The topological polar surface area (TPSA) is 76.0 Å². The van der Waals surface area contributed by atoms with Crippen LogP contribution in [0, 0.1) is 0 Å².